The largest absolute Gasteiger partial charge is 0.498 e. The smallest absolute Gasteiger partial charge is 0.104 e. The molecule has 0 saturated heterocycles. The van der Waals surface area contributed by atoms with Crippen molar-refractivity contribution in [2.24, 2.45) is 23.7 Å². The average molecular weight is 164 g/mol. The highest BCUT2D eigenvalue weighted by Gasteiger charge is 2.52. The molecule has 0 aromatic heterocycles. The van der Waals surface area contributed by atoms with Crippen molar-refractivity contribution in [2.75, 3.05) is 0 Å². The molecule has 3 rings (SSSR count). The second-order valence-corrected chi connectivity index (χ2v) is 4.74. The van der Waals surface area contributed by atoms with Crippen molar-refractivity contribution >= 4 is 0 Å². The Morgan fingerprint density at radius 2 is 2.17 bits per heavy atom. The van der Waals surface area contributed by atoms with Crippen molar-refractivity contribution in [1.82, 2.24) is 0 Å². The average Bonchev–Trinajstić information content (AvgIpc) is 2.62. The number of hydrogen-bond donors (Lipinski definition) is 0. The van der Waals surface area contributed by atoms with Crippen LogP contribution in [-0.4, -0.2) is 6.10 Å². The molecule has 3 aliphatic rings. The van der Waals surface area contributed by atoms with Crippen molar-refractivity contribution in [3.05, 3.63) is 12.3 Å². The lowest BCUT2D eigenvalue weighted by molar-refractivity contribution is 0.0113. The predicted octanol–water partition coefficient (Wildman–Crippen LogP) is 2.58. The Labute approximate surface area is 73.8 Å². The van der Waals surface area contributed by atoms with E-state index in [4.69, 9.17) is 4.74 Å². The summed E-state index contributed by atoms with van der Waals surface area (Å²) in [7, 11) is 0. The van der Waals surface area contributed by atoms with Crippen LogP contribution in [0.4, 0.5) is 0 Å². The lowest BCUT2D eigenvalue weighted by Gasteiger charge is -2.35. The van der Waals surface area contributed by atoms with Crippen LogP contribution in [0.3, 0.4) is 0 Å². The maximum absolute atomic E-state index is 5.73. The summed E-state index contributed by atoms with van der Waals surface area (Å²) in [6.07, 6.45) is 8.89. The molecular weight excluding hydrogens is 148 g/mol. The quantitative estimate of drug-likeness (QED) is 0.534. The van der Waals surface area contributed by atoms with E-state index in [1.807, 2.05) is 6.26 Å². The molecule has 5 atom stereocenters. The van der Waals surface area contributed by atoms with Gasteiger partial charge in [-0.05, 0) is 43.1 Å². The van der Waals surface area contributed by atoms with Gasteiger partial charge in [-0.25, -0.2) is 0 Å². The van der Waals surface area contributed by atoms with Crippen molar-refractivity contribution in [1.29, 1.82) is 0 Å². The Kier molecular flexibility index (Phi) is 1.32. The van der Waals surface area contributed by atoms with Crippen LogP contribution in [0.5, 0.6) is 0 Å². The first-order valence-corrected chi connectivity index (χ1v) is 5.16. The van der Waals surface area contributed by atoms with E-state index in [2.05, 4.69) is 13.0 Å². The van der Waals surface area contributed by atoms with Gasteiger partial charge in [0.2, 0.25) is 0 Å². The van der Waals surface area contributed by atoms with Crippen LogP contribution in [0.25, 0.3) is 0 Å². The Bertz CT molecular complexity index is 221. The Hall–Kier alpha value is -0.460. The van der Waals surface area contributed by atoms with E-state index in [0.29, 0.717) is 6.10 Å². The van der Waals surface area contributed by atoms with E-state index < -0.39 is 0 Å². The summed E-state index contributed by atoms with van der Waals surface area (Å²) in [5.74, 6) is 3.66. The molecule has 1 aliphatic heterocycles. The minimum atomic E-state index is 0.587. The molecule has 2 aliphatic carbocycles. The second-order valence-electron chi connectivity index (χ2n) is 4.74. The minimum Gasteiger partial charge on any atom is -0.498 e. The molecule has 2 bridgehead atoms. The van der Waals surface area contributed by atoms with Gasteiger partial charge in [0.1, 0.15) is 6.10 Å². The van der Waals surface area contributed by atoms with Crippen molar-refractivity contribution < 1.29 is 4.74 Å². The molecule has 5 unspecified atom stereocenters. The van der Waals surface area contributed by atoms with Gasteiger partial charge in [0.05, 0.1) is 6.26 Å². The van der Waals surface area contributed by atoms with E-state index in [1.54, 1.807) is 0 Å². The first-order chi connectivity index (χ1) is 5.86. The molecular formula is C11H16O. The number of fused-ring (bicyclic) bond motifs is 5. The van der Waals surface area contributed by atoms with Crippen LogP contribution in [-0.2, 0) is 4.74 Å². The highest BCUT2D eigenvalue weighted by atomic mass is 16.5. The van der Waals surface area contributed by atoms with Gasteiger partial charge in [0.25, 0.3) is 0 Å². The van der Waals surface area contributed by atoms with Gasteiger partial charge in [-0.2, -0.15) is 0 Å². The Morgan fingerprint density at radius 1 is 1.25 bits per heavy atom. The summed E-state index contributed by atoms with van der Waals surface area (Å²) in [4.78, 5) is 0. The number of allylic oxidation sites excluding steroid dienone is 1. The van der Waals surface area contributed by atoms with Gasteiger partial charge in [-0.1, -0.05) is 6.92 Å². The maximum Gasteiger partial charge on any atom is 0.104 e. The fourth-order valence-electron chi connectivity index (χ4n) is 3.61. The third kappa shape index (κ3) is 0.746. The van der Waals surface area contributed by atoms with E-state index in [9.17, 15) is 0 Å². The molecule has 0 spiro atoms. The van der Waals surface area contributed by atoms with E-state index in [1.165, 1.54) is 19.3 Å². The number of hydrogen-bond acceptors (Lipinski definition) is 1. The fourth-order valence-corrected chi connectivity index (χ4v) is 3.61. The summed E-state index contributed by atoms with van der Waals surface area (Å²) in [6.45, 7) is 2.39. The third-order valence-electron chi connectivity index (χ3n) is 4.17. The predicted molar refractivity (Wildman–Crippen MR) is 47.5 cm³/mol. The van der Waals surface area contributed by atoms with Crippen LogP contribution < -0.4 is 0 Å². The van der Waals surface area contributed by atoms with Crippen LogP contribution >= 0.6 is 0 Å². The molecule has 0 aromatic carbocycles. The minimum absolute atomic E-state index is 0.587. The lowest BCUT2D eigenvalue weighted by atomic mass is 9.78. The lowest BCUT2D eigenvalue weighted by Crippen LogP contribution is -2.34. The molecule has 12 heavy (non-hydrogen) atoms. The van der Waals surface area contributed by atoms with Crippen molar-refractivity contribution in [3.8, 4) is 0 Å². The van der Waals surface area contributed by atoms with E-state index >= 15 is 0 Å². The number of ether oxygens (including phenoxy) is 1. The first kappa shape index (κ1) is 6.99. The van der Waals surface area contributed by atoms with Crippen molar-refractivity contribution in [3.63, 3.8) is 0 Å². The first-order valence-electron chi connectivity index (χ1n) is 5.16. The van der Waals surface area contributed by atoms with Gasteiger partial charge in [-0.3, -0.25) is 0 Å². The summed E-state index contributed by atoms with van der Waals surface area (Å²) < 4.78 is 5.73. The number of rotatable bonds is 0. The summed E-state index contributed by atoms with van der Waals surface area (Å²) in [5, 5.41) is 0. The molecule has 0 N–H and O–H groups in total. The summed E-state index contributed by atoms with van der Waals surface area (Å²) in [6, 6.07) is 0. The standard InChI is InChI=1S/C11H16O/c1-7-5-8-6-10(7)11-9(8)3-2-4-12-11/h2,4,7-11H,3,5-6H2,1H3. The van der Waals surface area contributed by atoms with Gasteiger partial charge in [0.15, 0.2) is 0 Å². The van der Waals surface area contributed by atoms with Crippen LogP contribution in [0, 0.1) is 23.7 Å². The molecule has 1 heterocycles. The molecule has 1 nitrogen and oxygen atoms in total. The van der Waals surface area contributed by atoms with Crippen LogP contribution in [0.2, 0.25) is 0 Å². The monoisotopic (exact) mass is 164 g/mol. The summed E-state index contributed by atoms with van der Waals surface area (Å²) >= 11 is 0. The Morgan fingerprint density at radius 3 is 3.08 bits per heavy atom. The third-order valence-corrected chi connectivity index (χ3v) is 4.17. The van der Waals surface area contributed by atoms with E-state index in [0.717, 1.165) is 23.7 Å². The SMILES string of the molecule is CC1CC2CC1C1OC=CCC21. The second kappa shape index (κ2) is 2.27. The zero-order valence-electron chi connectivity index (χ0n) is 7.57. The van der Waals surface area contributed by atoms with Crippen LogP contribution in [0.1, 0.15) is 26.2 Å². The highest BCUT2D eigenvalue weighted by molar-refractivity contribution is 5.05. The summed E-state index contributed by atoms with van der Waals surface area (Å²) in [5.41, 5.74) is 0. The molecule has 2 saturated carbocycles. The topological polar surface area (TPSA) is 9.23 Å². The van der Waals surface area contributed by atoms with Gasteiger partial charge in [-0.15, -0.1) is 0 Å². The molecule has 0 amide bonds. The maximum atomic E-state index is 5.73. The molecule has 2 fully saturated rings. The van der Waals surface area contributed by atoms with Gasteiger partial charge >= 0.3 is 0 Å². The normalized spacial score (nSPS) is 55.2. The van der Waals surface area contributed by atoms with Crippen LogP contribution in [0.15, 0.2) is 12.3 Å². The van der Waals surface area contributed by atoms with Gasteiger partial charge in [0, 0.05) is 5.92 Å². The zero-order valence-corrected chi connectivity index (χ0v) is 7.57. The van der Waals surface area contributed by atoms with E-state index in [-0.39, 0.29) is 0 Å². The molecule has 66 valence electrons. The van der Waals surface area contributed by atoms with Gasteiger partial charge < -0.3 is 4.74 Å². The zero-order chi connectivity index (χ0) is 8.13. The molecule has 0 aromatic rings. The van der Waals surface area contributed by atoms with Crippen molar-refractivity contribution in [2.45, 2.75) is 32.3 Å². The highest BCUT2D eigenvalue weighted by Crippen LogP contribution is 2.54. The Balaban J connectivity index is 1.89. The molecule has 0 radical (unpaired) electrons. The molecule has 1 heteroatoms. The fraction of sp³-hybridized carbons (Fsp3) is 0.818.